The number of benzene rings is 1. The molecule has 3 fully saturated rings. The molecular weight excluding hydrogens is 331 g/mol. The monoisotopic (exact) mass is 356 g/mol. The standard InChI is InChI=1S/C20H25FN4O/c1-14-19(23-13-22-14)12-24-9-15-6-7-17(11-24)25(10-15)20(26)8-16-4-2-3-5-18(16)21/h2-5,13,15,17H,6-12H2,1H3,(H,22,23)/t15-,17+/m1/s1. The van der Waals surface area contributed by atoms with Crippen molar-refractivity contribution in [3.63, 3.8) is 0 Å². The molecule has 3 saturated heterocycles. The van der Waals surface area contributed by atoms with Gasteiger partial charge in [0.25, 0.3) is 0 Å². The zero-order valence-corrected chi connectivity index (χ0v) is 15.1. The lowest BCUT2D eigenvalue weighted by atomic mass is 9.94. The van der Waals surface area contributed by atoms with E-state index in [-0.39, 0.29) is 24.2 Å². The van der Waals surface area contributed by atoms with Crippen molar-refractivity contribution in [1.29, 1.82) is 0 Å². The lowest BCUT2D eigenvalue weighted by Crippen LogP contribution is -2.48. The molecule has 1 aromatic carbocycles. The first-order valence-electron chi connectivity index (χ1n) is 9.34. The van der Waals surface area contributed by atoms with Gasteiger partial charge in [0.05, 0.1) is 18.4 Å². The summed E-state index contributed by atoms with van der Waals surface area (Å²) >= 11 is 0. The Morgan fingerprint density at radius 3 is 2.88 bits per heavy atom. The highest BCUT2D eigenvalue weighted by Gasteiger charge is 2.37. The summed E-state index contributed by atoms with van der Waals surface area (Å²) in [6.45, 7) is 5.50. The third kappa shape index (κ3) is 3.51. The van der Waals surface area contributed by atoms with Crippen molar-refractivity contribution in [2.45, 2.75) is 38.8 Å². The number of nitrogens with one attached hydrogen (secondary N) is 1. The molecule has 6 heteroatoms. The number of H-pyrrole nitrogens is 1. The normalized spacial score (nSPS) is 23.2. The number of carbonyl (C=O) groups is 1. The smallest absolute Gasteiger partial charge is 0.227 e. The van der Waals surface area contributed by atoms with E-state index in [0.29, 0.717) is 11.5 Å². The predicted molar refractivity (Wildman–Crippen MR) is 96.9 cm³/mol. The van der Waals surface area contributed by atoms with Crippen molar-refractivity contribution in [3.8, 4) is 0 Å². The first-order chi connectivity index (χ1) is 12.6. The lowest BCUT2D eigenvalue weighted by Gasteiger charge is -2.36. The van der Waals surface area contributed by atoms with E-state index in [1.807, 2.05) is 11.8 Å². The number of hydrogen-bond donors (Lipinski definition) is 1. The SMILES string of the molecule is Cc1[nH]cnc1CN1C[C@H]2CC[C@@H](C1)N(C(=O)Cc1ccccc1F)C2. The van der Waals surface area contributed by atoms with Crippen molar-refractivity contribution in [2.24, 2.45) is 5.92 Å². The van der Waals surface area contributed by atoms with E-state index in [4.69, 9.17) is 0 Å². The molecule has 0 radical (unpaired) electrons. The molecule has 0 aliphatic carbocycles. The molecule has 4 heterocycles. The summed E-state index contributed by atoms with van der Waals surface area (Å²) in [7, 11) is 0. The molecule has 3 aliphatic rings. The second-order valence-corrected chi connectivity index (χ2v) is 7.58. The molecule has 0 spiro atoms. The van der Waals surface area contributed by atoms with Crippen LogP contribution in [0.5, 0.6) is 0 Å². The van der Waals surface area contributed by atoms with E-state index in [1.54, 1.807) is 24.5 Å². The van der Waals surface area contributed by atoms with Gasteiger partial charge in [0.1, 0.15) is 5.82 Å². The van der Waals surface area contributed by atoms with Crippen LogP contribution < -0.4 is 0 Å². The second-order valence-electron chi connectivity index (χ2n) is 7.58. The van der Waals surface area contributed by atoms with Gasteiger partial charge < -0.3 is 9.88 Å². The van der Waals surface area contributed by atoms with Crippen molar-refractivity contribution in [3.05, 3.63) is 53.4 Å². The van der Waals surface area contributed by atoms with Gasteiger partial charge in [0, 0.05) is 37.9 Å². The molecule has 0 saturated carbocycles. The van der Waals surface area contributed by atoms with Crippen LogP contribution in [0.4, 0.5) is 4.39 Å². The Kier molecular flexibility index (Phi) is 4.76. The van der Waals surface area contributed by atoms with Crippen LogP contribution in [0.1, 0.15) is 29.8 Å². The largest absolute Gasteiger partial charge is 0.348 e. The van der Waals surface area contributed by atoms with E-state index in [9.17, 15) is 9.18 Å². The summed E-state index contributed by atoms with van der Waals surface area (Å²) in [5.74, 6) is 0.233. The molecular formula is C20H25FN4O. The first kappa shape index (κ1) is 17.2. The summed E-state index contributed by atoms with van der Waals surface area (Å²) in [6.07, 6.45) is 4.07. The van der Waals surface area contributed by atoms with Crippen molar-refractivity contribution >= 4 is 5.91 Å². The molecule has 1 amide bonds. The van der Waals surface area contributed by atoms with Gasteiger partial charge in [-0.3, -0.25) is 9.69 Å². The number of fused-ring (bicyclic) bond motifs is 4. The molecule has 5 nitrogen and oxygen atoms in total. The summed E-state index contributed by atoms with van der Waals surface area (Å²) in [5.41, 5.74) is 2.67. The number of aromatic amines is 1. The molecule has 2 aromatic rings. The van der Waals surface area contributed by atoms with Gasteiger partial charge in [-0.05, 0) is 37.3 Å². The predicted octanol–water partition coefficient (Wildman–Crippen LogP) is 2.52. The number of aromatic nitrogens is 2. The average molecular weight is 356 g/mol. The van der Waals surface area contributed by atoms with Gasteiger partial charge in [-0.2, -0.15) is 0 Å². The summed E-state index contributed by atoms with van der Waals surface area (Å²) in [5, 5.41) is 0. The fourth-order valence-electron chi connectivity index (χ4n) is 4.28. The molecule has 5 rings (SSSR count). The van der Waals surface area contributed by atoms with Gasteiger partial charge in [-0.25, -0.2) is 9.37 Å². The highest BCUT2D eigenvalue weighted by molar-refractivity contribution is 5.79. The number of rotatable bonds is 4. The van der Waals surface area contributed by atoms with Crippen LogP contribution in [0.3, 0.4) is 0 Å². The Labute approximate surface area is 153 Å². The number of carbonyl (C=O) groups excluding carboxylic acids is 1. The minimum atomic E-state index is -0.295. The average Bonchev–Trinajstić information content (AvgIpc) is 2.84. The van der Waals surface area contributed by atoms with Gasteiger partial charge >= 0.3 is 0 Å². The highest BCUT2D eigenvalue weighted by atomic mass is 19.1. The Balaban J connectivity index is 1.45. The molecule has 1 N–H and O–H groups in total. The molecule has 26 heavy (non-hydrogen) atoms. The number of hydrogen-bond acceptors (Lipinski definition) is 3. The minimum Gasteiger partial charge on any atom is -0.348 e. The Morgan fingerprint density at radius 2 is 2.12 bits per heavy atom. The Bertz CT molecular complexity index is 790. The van der Waals surface area contributed by atoms with Crippen LogP contribution in [-0.2, 0) is 17.8 Å². The second kappa shape index (κ2) is 7.19. The molecule has 138 valence electrons. The van der Waals surface area contributed by atoms with Crippen molar-refractivity contribution in [1.82, 2.24) is 19.8 Å². The third-order valence-electron chi connectivity index (χ3n) is 5.72. The van der Waals surface area contributed by atoms with Gasteiger partial charge in [-0.1, -0.05) is 18.2 Å². The van der Waals surface area contributed by atoms with Crippen LogP contribution in [0, 0.1) is 18.7 Å². The molecule has 0 unspecified atom stereocenters. The molecule has 2 atom stereocenters. The third-order valence-corrected chi connectivity index (χ3v) is 5.72. The van der Waals surface area contributed by atoms with E-state index in [1.165, 1.54) is 6.07 Å². The summed E-state index contributed by atoms with van der Waals surface area (Å²) < 4.78 is 13.9. The first-order valence-corrected chi connectivity index (χ1v) is 9.34. The van der Waals surface area contributed by atoms with Crippen LogP contribution in [0.2, 0.25) is 0 Å². The van der Waals surface area contributed by atoms with E-state index in [0.717, 1.165) is 50.4 Å². The topological polar surface area (TPSA) is 52.2 Å². The maximum atomic E-state index is 13.9. The van der Waals surface area contributed by atoms with Crippen molar-refractivity contribution in [2.75, 3.05) is 19.6 Å². The van der Waals surface area contributed by atoms with Gasteiger partial charge in [0.15, 0.2) is 0 Å². The van der Waals surface area contributed by atoms with Crippen LogP contribution in [0.15, 0.2) is 30.6 Å². The Hall–Kier alpha value is -2.21. The number of piperidine rings is 1. The van der Waals surface area contributed by atoms with Crippen LogP contribution in [0.25, 0.3) is 0 Å². The number of nitrogens with zero attached hydrogens (tertiary/aromatic N) is 3. The van der Waals surface area contributed by atoms with E-state index < -0.39 is 0 Å². The fraction of sp³-hybridized carbons (Fsp3) is 0.500. The van der Waals surface area contributed by atoms with Gasteiger partial charge in [-0.15, -0.1) is 0 Å². The zero-order valence-electron chi connectivity index (χ0n) is 15.1. The quantitative estimate of drug-likeness (QED) is 0.916. The van der Waals surface area contributed by atoms with Crippen LogP contribution >= 0.6 is 0 Å². The summed E-state index contributed by atoms with van der Waals surface area (Å²) in [4.78, 5) is 24.8. The Morgan fingerprint density at radius 1 is 1.27 bits per heavy atom. The maximum Gasteiger partial charge on any atom is 0.227 e. The zero-order chi connectivity index (χ0) is 18.1. The van der Waals surface area contributed by atoms with E-state index >= 15 is 0 Å². The van der Waals surface area contributed by atoms with E-state index in [2.05, 4.69) is 14.9 Å². The summed E-state index contributed by atoms with van der Waals surface area (Å²) in [6, 6.07) is 6.79. The molecule has 1 aromatic heterocycles. The van der Waals surface area contributed by atoms with Crippen molar-refractivity contribution < 1.29 is 9.18 Å². The number of imidazole rings is 1. The molecule has 2 bridgehead atoms. The van der Waals surface area contributed by atoms with Crippen LogP contribution in [-0.4, -0.2) is 51.4 Å². The number of halogens is 1. The fourth-order valence-corrected chi connectivity index (χ4v) is 4.28. The lowest BCUT2D eigenvalue weighted by molar-refractivity contribution is -0.134. The maximum absolute atomic E-state index is 13.9. The van der Waals surface area contributed by atoms with Gasteiger partial charge in [0.2, 0.25) is 5.91 Å². The minimum absolute atomic E-state index is 0.0441. The number of aryl methyl sites for hydroxylation is 1. The number of amides is 1. The highest BCUT2D eigenvalue weighted by Crippen LogP contribution is 2.29. The molecule has 3 aliphatic heterocycles.